The number of carbonyl (C=O) groups is 2. The minimum absolute atomic E-state index is 0.00336. The number of hydrogen-bond acceptors (Lipinski definition) is 2. The van der Waals surface area contributed by atoms with Crippen molar-refractivity contribution in [2.45, 2.75) is 32.9 Å². The van der Waals surface area contributed by atoms with Crippen molar-refractivity contribution < 1.29 is 9.59 Å². The Hall–Kier alpha value is -2.88. The summed E-state index contributed by atoms with van der Waals surface area (Å²) in [7, 11) is 0. The predicted octanol–water partition coefficient (Wildman–Crippen LogP) is 3.63. The third kappa shape index (κ3) is 3.40. The van der Waals surface area contributed by atoms with Crippen molar-refractivity contribution in [2.24, 2.45) is 11.7 Å². The SMILES string of the molecule is CCC(C)C1/C(=C\C(N)=O)c2ccccc2C(=O)N1Cc1ccccc1. The topological polar surface area (TPSA) is 63.4 Å². The summed E-state index contributed by atoms with van der Waals surface area (Å²) < 4.78 is 0. The molecule has 0 radical (unpaired) electrons. The molecule has 0 aliphatic carbocycles. The maximum atomic E-state index is 13.3. The Morgan fingerprint density at radius 3 is 2.35 bits per heavy atom. The highest BCUT2D eigenvalue weighted by molar-refractivity contribution is 6.07. The minimum atomic E-state index is -0.489. The number of carbonyl (C=O) groups excluding carboxylic acids is 2. The van der Waals surface area contributed by atoms with Crippen LogP contribution in [-0.2, 0) is 11.3 Å². The summed E-state index contributed by atoms with van der Waals surface area (Å²) in [5.41, 5.74) is 8.82. The van der Waals surface area contributed by atoms with Crippen molar-refractivity contribution >= 4 is 17.4 Å². The molecule has 0 saturated heterocycles. The van der Waals surface area contributed by atoms with Crippen LogP contribution in [0.15, 0.2) is 60.7 Å². The molecule has 4 nitrogen and oxygen atoms in total. The molecule has 1 heterocycles. The first kappa shape index (κ1) is 17.9. The number of nitrogens with two attached hydrogens (primary N) is 1. The fourth-order valence-electron chi connectivity index (χ4n) is 3.63. The van der Waals surface area contributed by atoms with Crippen LogP contribution in [0.1, 0.15) is 41.8 Å². The Kier molecular flexibility index (Phi) is 5.21. The molecule has 26 heavy (non-hydrogen) atoms. The molecule has 0 spiro atoms. The van der Waals surface area contributed by atoms with Crippen LogP contribution in [0.5, 0.6) is 0 Å². The molecule has 0 bridgehead atoms. The number of rotatable bonds is 5. The smallest absolute Gasteiger partial charge is 0.255 e. The number of benzene rings is 2. The molecule has 2 aromatic rings. The molecule has 2 amide bonds. The summed E-state index contributed by atoms with van der Waals surface area (Å²) in [4.78, 5) is 26.9. The Morgan fingerprint density at radius 2 is 1.73 bits per heavy atom. The molecular formula is C22H24N2O2. The number of primary amides is 1. The zero-order chi connectivity index (χ0) is 18.7. The molecule has 2 unspecified atom stereocenters. The van der Waals surface area contributed by atoms with E-state index in [1.807, 2.05) is 59.5 Å². The summed E-state index contributed by atoms with van der Waals surface area (Å²) in [5.74, 6) is -0.296. The lowest BCUT2D eigenvalue weighted by Gasteiger charge is -2.41. The second kappa shape index (κ2) is 7.56. The van der Waals surface area contributed by atoms with Gasteiger partial charge in [0.25, 0.3) is 5.91 Å². The molecule has 0 aromatic heterocycles. The monoisotopic (exact) mass is 348 g/mol. The van der Waals surface area contributed by atoms with Gasteiger partial charge in [-0.15, -0.1) is 0 Å². The van der Waals surface area contributed by atoms with Crippen molar-refractivity contribution in [1.82, 2.24) is 4.90 Å². The fraction of sp³-hybridized carbons (Fsp3) is 0.273. The van der Waals surface area contributed by atoms with Gasteiger partial charge in [0.15, 0.2) is 0 Å². The van der Waals surface area contributed by atoms with E-state index in [2.05, 4.69) is 13.8 Å². The Labute approximate surface area is 154 Å². The van der Waals surface area contributed by atoms with Gasteiger partial charge in [-0.3, -0.25) is 9.59 Å². The Balaban J connectivity index is 2.15. The van der Waals surface area contributed by atoms with Crippen LogP contribution in [0.3, 0.4) is 0 Å². The molecule has 0 saturated carbocycles. The molecule has 1 aliphatic heterocycles. The fourth-order valence-corrected chi connectivity index (χ4v) is 3.63. The van der Waals surface area contributed by atoms with Crippen LogP contribution in [-0.4, -0.2) is 22.8 Å². The van der Waals surface area contributed by atoms with Crippen LogP contribution in [0.2, 0.25) is 0 Å². The normalized spacial score (nSPS) is 19.3. The number of amides is 2. The molecule has 2 N–H and O–H groups in total. The molecular weight excluding hydrogens is 324 g/mol. The second-order valence-electron chi connectivity index (χ2n) is 6.80. The van der Waals surface area contributed by atoms with Gasteiger partial charge in [0, 0.05) is 18.2 Å². The van der Waals surface area contributed by atoms with Gasteiger partial charge in [0.1, 0.15) is 0 Å². The molecule has 4 heteroatoms. The van der Waals surface area contributed by atoms with Gasteiger partial charge in [-0.25, -0.2) is 0 Å². The third-order valence-corrected chi connectivity index (χ3v) is 5.06. The quantitative estimate of drug-likeness (QED) is 0.839. The van der Waals surface area contributed by atoms with Gasteiger partial charge in [0.05, 0.1) is 6.04 Å². The molecule has 0 fully saturated rings. The first-order chi connectivity index (χ1) is 12.5. The summed E-state index contributed by atoms with van der Waals surface area (Å²) in [6, 6.07) is 17.2. The van der Waals surface area contributed by atoms with Crippen LogP contribution in [0.25, 0.3) is 5.57 Å². The van der Waals surface area contributed by atoms with E-state index in [0.29, 0.717) is 12.1 Å². The average Bonchev–Trinajstić information content (AvgIpc) is 2.65. The van der Waals surface area contributed by atoms with Gasteiger partial charge in [0.2, 0.25) is 5.91 Å². The lowest BCUT2D eigenvalue weighted by molar-refractivity contribution is -0.113. The van der Waals surface area contributed by atoms with E-state index in [1.165, 1.54) is 6.08 Å². The third-order valence-electron chi connectivity index (χ3n) is 5.06. The molecule has 134 valence electrons. The lowest BCUT2D eigenvalue weighted by atomic mass is 9.81. The van der Waals surface area contributed by atoms with Crippen molar-refractivity contribution in [3.8, 4) is 0 Å². The summed E-state index contributed by atoms with van der Waals surface area (Å²) in [5, 5.41) is 0. The zero-order valence-corrected chi connectivity index (χ0v) is 15.2. The van der Waals surface area contributed by atoms with E-state index in [4.69, 9.17) is 5.73 Å². The van der Waals surface area contributed by atoms with E-state index >= 15 is 0 Å². The first-order valence-corrected chi connectivity index (χ1v) is 8.98. The van der Waals surface area contributed by atoms with Crippen molar-refractivity contribution in [3.05, 3.63) is 77.4 Å². The van der Waals surface area contributed by atoms with E-state index in [0.717, 1.165) is 23.1 Å². The van der Waals surface area contributed by atoms with Gasteiger partial charge in [-0.1, -0.05) is 68.8 Å². The van der Waals surface area contributed by atoms with Gasteiger partial charge in [-0.2, -0.15) is 0 Å². The van der Waals surface area contributed by atoms with Gasteiger partial charge in [-0.05, 0) is 28.7 Å². The molecule has 2 aromatic carbocycles. The number of hydrogen-bond donors (Lipinski definition) is 1. The summed E-state index contributed by atoms with van der Waals surface area (Å²) >= 11 is 0. The summed E-state index contributed by atoms with van der Waals surface area (Å²) in [6.45, 7) is 4.70. The van der Waals surface area contributed by atoms with Crippen molar-refractivity contribution in [3.63, 3.8) is 0 Å². The molecule has 1 aliphatic rings. The van der Waals surface area contributed by atoms with Crippen LogP contribution in [0, 0.1) is 5.92 Å². The Bertz CT molecular complexity index is 842. The predicted molar refractivity (Wildman–Crippen MR) is 103 cm³/mol. The minimum Gasteiger partial charge on any atom is -0.366 e. The highest BCUT2D eigenvalue weighted by Crippen LogP contribution is 2.37. The maximum Gasteiger partial charge on any atom is 0.255 e. The van der Waals surface area contributed by atoms with E-state index in [9.17, 15) is 9.59 Å². The van der Waals surface area contributed by atoms with E-state index in [-0.39, 0.29) is 17.9 Å². The standard InChI is InChI=1S/C22H24N2O2/c1-3-15(2)21-19(13-20(23)25)17-11-7-8-12-18(17)22(26)24(21)14-16-9-5-4-6-10-16/h4-13,15,21H,3,14H2,1-2H3,(H2,23,25)/b19-13-. The summed E-state index contributed by atoms with van der Waals surface area (Å²) in [6.07, 6.45) is 2.38. The van der Waals surface area contributed by atoms with Crippen LogP contribution in [0.4, 0.5) is 0 Å². The van der Waals surface area contributed by atoms with Crippen molar-refractivity contribution in [1.29, 1.82) is 0 Å². The zero-order valence-electron chi connectivity index (χ0n) is 15.2. The number of nitrogens with zero attached hydrogens (tertiary/aromatic N) is 1. The number of fused-ring (bicyclic) bond motifs is 1. The van der Waals surface area contributed by atoms with Gasteiger partial charge < -0.3 is 10.6 Å². The second-order valence-corrected chi connectivity index (χ2v) is 6.80. The first-order valence-electron chi connectivity index (χ1n) is 8.98. The highest BCUT2D eigenvalue weighted by Gasteiger charge is 2.38. The van der Waals surface area contributed by atoms with E-state index in [1.54, 1.807) is 0 Å². The Morgan fingerprint density at radius 1 is 1.12 bits per heavy atom. The van der Waals surface area contributed by atoms with Crippen LogP contribution >= 0.6 is 0 Å². The molecule has 2 atom stereocenters. The van der Waals surface area contributed by atoms with Crippen molar-refractivity contribution in [2.75, 3.05) is 0 Å². The molecule has 3 rings (SSSR count). The van der Waals surface area contributed by atoms with E-state index < -0.39 is 5.91 Å². The lowest BCUT2D eigenvalue weighted by Crippen LogP contribution is -2.47. The largest absolute Gasteiger partial charge is 0.366 e. The van der Waals surface area contributed by atoms with Crippen LogP contribution < -0.4 is 5.73 Å². The average molecular weight is 348 g/mol. The maximum absolute atomic E-state index is 13.3. The van der Waals surface area contributed by atoms with Gasteiger partial charge >= 0.3 is 0 Å². The highest BCUT2D eigenvalue weighted by atomic mass is 16.2.